The van der Waals surface area contributed by atoms with Gasteiger partial charge in [-0.2, -0.15) is 4.39 Å². The van der Waals surface area contributed by atoms with E-state index in [1.165, 1.54) is 11.3 Å². The third-order valence-corrected chi connectivity index (χ3v) is 2.62. The van der Waals surface area contributed by atoms with Gasteiger partial charge in [0.1, 0.15) is 5.01 Å². The van der Waals surface area contributed by atoms with Gasteiger partial charge in [-0.15, -0.1) is 11.3 Å². The second-order valence-corrected chi connectivity index (χ2v) is 4.76. The molecule has 0 fully saturated rings. The first-order valence-electron chi connectivity index (χ1n) is 2.81. The molecule has 0 atom stereocenters. The summed E-state index contributed by atoms with van der Waals surface area (Å²) in [6.07, 6.45) is 2.45. The molecule has 0 saturated heterocycles. The third-order valence-electron chi connectivity index (χ3n) is 0.950. The van der Waals surface area contributed by atoms with Crippen molar-refractivity contribution in [1.29, 1.82) is 0 Å². The van der Waals surface area contributed by atoms with E-state index in [2.05, 4.69) is 4.98 Å². The number of aromatic nitrogens is 1. The molecule has 0 unspecified atom stereocenters. The molecule has 1 rings (SSSR count). The maximum absolute atomic E-state index is 12.4. The largest absolute Gasteiger partial charge is 0.476 e. The highest BCUT2D eigenvalue weighted by molar-refractivity contribution is 14.1. The van der Waals surface area contributed by atoms with Gasteiger partial charge >= 0.3 is 5.97 Å². The molecule has 0 radical (unpaired) electrons. The molecule has 6 heteroatoms. The molecule has 0 bridgehead atoms. The van der Waals surface area contributed by atoms with Gasteiger partial charge in [0, 0.05) is 6.08 Å². The topological polar surface area (TPSA) is 50.2 Å². The van der Waals surface area contributed by atoms with Crippen molar-refractivity contribution < 1.29 is 14.3 Å². The molecule has 12 heavy (non-hydrogen) atoms. The molecule has 3 nitrogen and oxygen atoms in total. The van der Waals surface area contributed by atoms with Gasteiger partial charge in [0.25, 0.3) is 0 Å². The summed E-state index contributed by atoms with van der Waals surface area (Å²) in [4.78, 5) is 13.8. The van der Waals surface area contributed by atoms with Crippen molar-refractivity contribution >= 4 is 46.0 Å². The Morgan fingerprint density at radius 3 is 2.92 bits per heavy atom. The summed E-state index contributed by atoms with van der Waals surface area (Å²) >= 11 is 3.25. The van der Waals surface area contributed by atoms with Crippen LogP contribution in [-0.4, -0.2) is 16.1 Å². The fraction of sp³-hybridized carbons (Fsp3) is 0. The maximum Gasteiger partial charge on any atom is 0.364 e. The van der Waals surface area contributed by atoms with E-state index in [1.807, 2.05) is 22.6 Å². The molecular weight excluding hydrogens is 296 g/mol. The van der Waals surface area contributed by atoms with Crippen LogP contribution in [0.3, 0.4) is 0 Å². The number of halogens is 2. The summed E-state index contributed by atoms with van der Waals surface area (Å²) in [6.45, 7) is 0. The molecule has 1 aromatic rings. The summed E-state index contributed by atoms with van der Waals surface area (Å²) in [7, 11) is 0. The van der Waals surface area contributed by atoms with Crippen LogP contribution >= 0.6 is 33.9 Å². The van der Waals surface area contributed by atoms with Gasteiger partial charge in [-0.25, -0.2) is 9.78 Å². The van der Waals surface area contributed by atoms with E-state index in [-0.39, 0.29) is 0 Å². The molecule has 0 aliphatic rings. The highest BCUT2D eigenvalue weighted by atomic mass is 127. The minimum atomic E-state index is -1.57. The van der Waals surface area contributed by atoms with Gasteiger partial charge < -0.3 is 5.11 Å². The lowest BCUT2D eigenvalue weighted by molar-refractivity contribution is -0.134. The van der Waals surface area contributed by atoms with Crippen molar-refractivity contribution in [1.82, 2.24) is 4.98 Å². The van der Waals surface area contributed by atoms with Crippen molar-refractivity contribution in [3.63, 3.8) is 0 Å². The van der Waals surface area contributed by atoms with Crippen LogP contribution < -0.4 is 0 Å². The number of carboxylic acid groups (broad SMARTS) is 1. The van der Waals surface area contributed by atoms with Gasteiger partial charge in [-0.05, 0) is 22.6 Å². The van der Waals surface area contributed by atoms with Crippen LogP contribution in [0.5, 0.6) is 0 Å². The zero-order valence-electron chi connectivity index (χ0n) is 5.62. The smallest absolute Gasteiger partial charge is 0.364 e. The highest BCUT2D eigenvalue weighted by Crippen LogP contribution is 2.17. The summed E-state index contributed by atoms with van der Waals surface area (Å²) < 4.78 is 13.3. The van der Waals surface area contributed by atoms with Crippen molar-refractivity contribution in [3.05, 3.63) is 19.9 Å². The minimum absolute atomic E-state index is 0.360. The van der Waals surface area contributed by atoms with Gasteiger partial charge in [0.05, 0.1) is 9.08 Å². The minimum Gasteiger partial charge on any atom is -0.476 e. The number of carbonyl (C=O) groups is 1. The number of aliphatic carboxylic acids is 1. The van der Waals surface area contributed by atoms with Crippen molar-refractivity contribution in [2.75, 3.05) is 0 Å². The van der Waals surface area contributed by atoms with Crippen LogP contribution in [-0.2, 0) is 4.79 Å². The van der Waals surface area contributed by atoms with Crippen molar-refractivity contribution in [2.24, 2.45) is 0 Å². The average Bonchev–Trinajstić information content (AvgIpc) is 2.35. The molecule has 0 aromatic carbocycles. The molecule has 0 aliphatic heterocycles. The molecule has 0 saturated carbocycles. The first kappa shape index (κ1) is 9.59. The Balaban J connectivity index is 2.87. The zero-order valence-corrected chi connectivity index (χ0v) is 8.60. The summed E-state index contributed by atoms with van der Waals surface area (Å²) in [5.74, 6) is -2.76. The van der Waals surface area contributed by atoms with Crippen molar-refractivity contribution in [2.45, 2.75) is 0 Å². The monoisotopic (exact) mass is 299 g/mol. The van der Waals surface area contributed by atoms with Crippen LogP contribution in [0.1, 0.15) is 5.01 Å². The molecule has 0 aliphatic carbocycles. The Hall–Kier alpha value is -0.500. The Morgan fingerprint density at radius 1 is 1.83 bits per heavy atom. The summed E-state index contributed by atoms with van der Waals surface area (Å²) in [6, 6.07) is 0. The number of carboxylic acids is 1. The molecule has 0 spiro atoms. The van der Waals surface area contributed by atoms with Crippen LogP contribution in [0.25, 0.3) is 6.08 Å². The van der Waals surface area contributed by atoms with E-state index in [4.69, 9.17) is 5.11 Å². The number of hydrogen-bond acceptors (Lipinski definition) is 3. The summed E-state index contributed by atoms with van der Waals surface area (Å²) in [5.41, 5.74) is 0. The van der Waals surface area contributed by atoms with Gasteiger partial charge in [0.2, 0.25) is 5.83 Å². The predicted octanol–water partition coefficient (Wildman–Crippen LogP) is 2.14. The van der Waals surface area contributed by atoms with E-state index in [0.717, 1.165) is 8.96 Å². The standard InChI is InChI=1S/C6H3FINO2S/c7-3(6(10)11)1-5-9-2-4(8)12-5/h1-2H,(H,10,11)/b3-1-. The Labute approximate surface area is 85.1 Å². The van der Waals surface area contributed by atoms with Crippen LogP contribution in [0, 0.1) is 2.88 Å². The van der Waals surface area contributed by atoms with E-state index < -0.39 is 11.8 Å². The first-order valence-corrected chi connectivity index (χ1v) is 4.71. The lowest BCUT2D eigenvalue weighted by Gasteiger charge is -1.84. The second kappa shape index (κ2) is 3.94. The Kier molecular flexibility index (Phi) is 3.15. The van der Waals surface area contributed by atoms with Gasteiger partial charge in [0.15, 0.2) is 0 Å². The second-order valence-electron chi connectivity index (χ2n) is 1.80. The SMILES string of the molecule is O=C(O)/C(F)=C/c1ncc(I)s1. The van der Waals surface area contributed by atoms with Crippen molar-refractivity contribution in [3.8, 4) is 0 Å². The van der Waals surface area contributed by atoms with E-state index >= 15 is 0 Å². The van der Waals surface area contributed by atoms with Gasteiger partial charge in [-0.3, -0.25) is 0 Å². The van der Waals surface area contributed by atoms with Gasteiger partial charge in [-0.1, -0.05) is 0 Å². The molecule has 1 heterocycles. The first-order chi connectivity index (χ1) is 5.59. The van der Waals surface area contributed by atoms with E-state index in [0.29, 0.717) is 5.01 Å². The number of hydrogen-bond donors (Lipinski definition) is 1. The zero-order chi connectivity index (χ0) is 9.14. The molecular formula is C6H3FINO2S. The fourth-order valence-electron chi connectivity index (χ4n) is 0.504. The molecule has 1 aromatic heterocycles. The molecule has 64 valence electrons. The number of nitrogens with zero attached hydrogens (tertiary/aromatic N) is 1. The Bertz CT molecular complexity index is 336. The van der Waals surface area contributed by atoms with Crippen LogP contribution in [0.15, 0.2) is 12.0 Å². The average molecular weight is 299 g/mol. The van der Waals surface area contributed by atoms with Crippen LogP contribution in [0.2, 0.25) is 0 Å². The molecule has 1 N–H and O–H groups in total. The lowest BCUT2D eigenvalue weighted by atomic mass is 10.5. The van der Waals surface area contributed by atoms with E-state index in [9.17, 15) is 9.18 Å². The maximum atomic E-state index is 12.4. The third kappa shape index (κ3) is 2.52. The quantitative estimate of drug-likeness (QED) is 0.672. The number of rotatable bonds is 2. The Morgan fingerprint density at radius 2 is 2.50 bits per heavy atom. The van der Waals surface area contributed by atoms with Crippen LogP contribution in [0.4, 0.5) is 4.39 Å². The lowest BCUT2D eigenvalue weighted by Crippen LogP contribution is -1.93. The molecule has 0 amide bonds. The number of thiazole rings is 1. The predicted molar refractivity (Wildman–Crippen MR) is 51.6 cm³/mol. The summed E-state index contributed by atoms with van der Waals surface area (Å²) in [5, 5.41) is 8.54. The highest BCUT2D eigenvalue weighted by Gasteiger charge is 2.06. The van der Waals surface area contributed by atoms with E-state index in [1.54, 1.807) is 6.20 Å². The fourth-order valence-corrected chi connectivity index (χ4v) is 1.89. The normalized spacial score (nSPS) is 11.7.